The molecule has 0 amide bonds. The molecular weight excluding hydrogens is 473 g/mol. The van der Waals surface area contributed by atoms with E-state index in [1.807, 2.05) is 24.3 Å². The molecule has 0 radical (unpaired) electrons. The van der Waals surface area contributed by atoms with Crippen LogP contribution >= 0.6 is 45.9 Å². The highest BCUT2D eigenvalue weighted by Gasteiger charge is 2.50. The number of aliphatic hydroxyl groups is 1. The Balaban J connectivity index is 0.00000196. The second-order valence-electron chi connectivity index (χ2n) is 8.12. The zero-order valence-corrected chi connectivity index (χ0v) is 19.7. The molecule has 4 rings (SSSR count). The molecular formula is C19H24BrCl2NOS2. The molecule has 2 aliphatic rings. The molecule has 7 heteroatoms. The van der Waals surface area contributed by atoms with Crippen LogP contribution in [0.3, 0.4) is 0 Å². The van der Waals surface area contributed by atoms with Gasteiger partial charge in [0.1, 0.15) is 5.60 Å². The average molecular weight is 497 g/mol. The fourth-order valence-electron chi connectivity index (χ4n) is 4.97. The van der Waals surface area contributed by atoms with Gasteiger partial charge in [-0.1, -0.05) is 23.2 Å². The normalized spacial score (nSPS) is 27.3. The predicted molar refractivity (Wildman–Crippen MR) is 108 cm³/mol. The summed E-state index contributed by atoms with van der Waals surface area (Å²) >= 11 is 15.3. The minimum Gasteiger partial charge on any atom is -1.00 e. The van der Waals surface area contributed by atoms with Crippen molar-refractivity contribution in [2.24, 2.45) is 5.92 Å². The summed E-state index contributed by atoms with van der Waals surface area (Å²) in [6.45, 7) is 0. The predicted octanol–water partition coefficient (Wildman–Crippen LogP) is 2.76. The van der Waals surface area contributed by atoms with E-state index in [2.05, 4.69) is 14.1 Å². The maximum atomic E-state index is 11.8. The van der Waals surface area contributed by atoms with E-state index in [1.165, 1.54) is 48.4 Å². The molecule has 2 bridgehead atoms. The highest BCUT2D eigenvalue weighted by Crippen LogP contribution is 2.49. The van der Waals surface area contributed by atoms with Crippen molar-refractivity contribution in [2.75, 3.05) is 14.1 Å². The molecule has 2 aromatic heterocycles. The fraction of sp³-hybridized carbons (Fsp3) is 0.579. The van der Waals surface area contributed by atoms with Crippen LogP contribution in [0.15, 0.2) is 24.3 Å². The number of piperidine rings is 1. The standard InChI is InChI=1S/C19H24Cl2NOS2.BrH/c1-22(2)13-3-4-14(22)10-12(9-13)11-19(23,15-5-7-17(20)24-15)16-6-8-18(21)25-16;/h5-8,12-14,23H,3-4,9-11H2,1-2H3;1H/q+1;/p-1/t12-,13+,14-;. The Hall–Kier alpha value is 0.380. The number of thiophene rings is 2. The number of nitrogens with zero attached hydrogens (tertiary/aromatic N) is 1. The summed E-state index contributed by atoms with van der Waals surface area (Å²) in [5.74, 6) is 0.537. The number of fused-ring (bicyclic) bond motifs is 2. The molecule has 0 saturated carbocycles. The highest BCUT2D eigenvalue weighted by atomic mass is 79.9. The molecule has 4 heterocycles. The fourth-order valence-corrected chi connectivity index (χ4v) is 7.35. The third kappa shape index (κ3) is 3.66. The molecule has 2 fully saturated rings. The second-order valence-corrected chi connectivity index (χ2v) is 11.6. The first-order valence-corrected chi connectivity index (χ1v) is 11.3. The van der Waals surface area contributed by atoms with Crippen molar-refractivity contribution < 1.29 is 26.6 Å². The zero-order valence-electron chi connectivity index (χ0n) is 14.9. The van der Waals surface area contributed by atoms with E-state index >= 15 is 0 Å². The van der Waals surface area contributed by atoms with Gasteiger partial charge in [-0.15, -0.1) is 22.7 Å². The molecule has 2 aromatic rings. The zero-order chi connectivity index (χ0) is 17.8. The van der Waals surface area contributed by atoms with Crippen LogP contribution in [0, 0.1) is 5.92 Å². The Bertz CT molecular complexity index is 719. The van der Waals surface area contributed by atoms with Gasteiger partial charge in [0.05, 0.1) is 34.9 Å². The van der Waals surface area contributed by atoms with Crippen LogP contribution in [0.2, 0.25) is 8.67 Å². The number of hydrogen-bond donors (Lipinski definition) is 1. The maximum absolute atomic E-state index is 11.8. The Labute approximate surface area is 184 Å². The Morgan fingerprint density at radius 1 is 1.00 bits per heavy atom. The maximum Gasteiger partial charge on any atom is 0.133 e. The van der Waals surface area contributed by atoms with E-state index < -0.39 is 5.60 Å². The van der Waals surface area contributed by atoms with Crippen molar-refractivity contribution >= 4 is 45.9 Å². The topological polar surface area (TPSA) is 20.2 Å². The van der Waals surface area contributed by atoms with E-state index in [0.717, 1.165) is 41.4 Å². The molecule has 2 saturated heterocycles. The summed E-state index contributed by atoms with van der Waals surface area (Å²) in [6.07, 6.45) is 5.80. The molecule has 2 aliphatic heterocycles. The van der Waals surface area contributed by atoms with Gasteiger partial charge in [0.2, 0.25) is 0 Å². The second kappa shape index (κ2) is 7.66. The van der Waals surface area contributed by atoms with Crippen molar-refractivity contribution in [2.45, 2.75) is 49.8 Å². The lowest BCUT2D eigenvalue weighted by Crippen LogP contribution is -3.00. The smallest absolute Gasteiger partial charge is 0.133 e. The SMILES string of the molecule is C[N+]1(C)[C@@H]2CC[C@H]1C[C@@H](CC(O)(c1ccc(Cl)s1)c1ccc(Cl)s1)C2.[Br-]. The number of hydrogen-bond acceptors (Lipinski definition) is 3. The largest absolute Gasteiger partial charge is 1.00 e. The summed E-state index contributed by atoms with van der Waals surface area (Å²) in [7, 11) is 4.76. The summed E-state index contributed by atoms with van der Waals surface area (Å²) < 4.78 is 2.60. The number of quaternary nitrogens is 1. The van der Waals surface area contributed by atoms with E-state index in [-0.39, 0.29) is 17.0 Å². The summed E-state index contributed by atoms with van der Waals surface area (Å²) in [5, 5.41) is 11.8. The Morgan fingerprint density at radius 3 is 1.85 bits per heavy atom. The molecule has 0 aliphatic carbocycles. The Kier molecular flexibility index (Phi) is 6.22. The first-order chi connectivity index (χ1) is 11.8. The lowest BCUT2D eigenvalue weighted by molar-refractivity contribution is -0.931. The van der Waals surface area contributed by atoms with Gasteiger partial charge in [-0.3, -0.25) is 0 Å². The van der Waals surface area contributed by atoms with Crippen LogP contribution in [0.5, 0.6) is 0 Å². The van der Waals surface area contributed by atoms with Crippen LogP contribution < -0.4 is 17.0 Å². The Morgan fingerprint density at radius 2 is 1.46 bits per heavy atom. The van der Waals surface area contributed by atoms with Gasteiger partial charge in [0.25, 0.3) is 0 Å². The van der Waals surface area contributed by atoms with E-state index in [9.17, 15) is 5.11 Å². The molecule has 26 heavy (non-hydrogen) atoms. The van der Waals surface area contributed by atoms with Gasteiger partial charge in [0, 0.05) is 35.4 Å². The van der Waals surface area contributed by atoms with Crippen molar-refractivity contribution in [3.05, 3.63) is 42.7 Å². The van der Waals surface area contributed by atoms with E-state index in [0.29, 0.717) is 5.92 Å². The van der Waals surface area contributed by atoms with Crippen LogP contribution in [0.25, 0.3) is 0 Å². The first-order valence-electron chi connectivity index (χ1n) is 8.86. The third-order valence-electron chi connectivity index (χ3n) is 6.47. The lowest BCUT2D eigenvalue weighted by atomic mass is 9.79. The van der Waals surface area contributed by atoms with Gasteiger partial charge in [-0.2, -0.15) is 0 Å². The summed E-state index contributed by atoms with van der Waals surface area (Å²) in [5.41, 5.74) is -0.978. The summed E-state index contributed by atoms with van der Waals surface area (Å²) in [4.78, 5) is 1.87. The van der Waals surface area contributed by atoms with Gasteiger partial charge >= 0.3 is 0 Å². The van der Waals surface area contributed by atoms with Crippen LogP contribution in [-0.4, -0.2) is 35.8 Å². The minimum absolute atomic E-state index is 0. The van der Waals surface area contributed by atoms with Crippen molar-refractivity contribution in [1.82, 2.24) is 0 Å². The van der Waals surface area contributed by atoms with E-state index in [4.69, 9.17) is 23.2 Å². The lowest BCUT2D eigenvalue weighted by Gasteiger charge is -2.45. The average Bonchev–Trinajstić information content (AvgIpc) is 3.18. The highest BCUT2D eigenvalue weighted by molar-refractivity contribution is 7.17. The van der Waals surface area contributed by atoms with Crippen LogP contribution in [0.4, 0.5) is 0 Å². The number of halogens is 3. The molecule has 1 N–H and O–H groups in total. The van der Waals surface area contributed by atoms with Crippen molar-refractivity contribution in [1.29, 1.82) is 0 Å². The molecule has 2 nitrogen and oxygen atoms in total. The van der Waals surface area contributed by atoms with Crippen molar-refractivity contribution in [3.8, 4) is 0 Å². The molecule has 144 valence electrons. The minimum atomic E-state index is -0.978. The van der Waals surface area contributed by atoms with E-state index in [1.54, 1.807) is 0 Å². The monoisotopic (exact) mass is 495 g/mol. The molecule has 0 spiro atoms. The molecule has 0 aromatic carbocycles. The van der Waals surface area contributed by atoms with Gasteiger partial charge in [-0.25, -0.2) is 0 Å². The quantitative estimate of drug-likeness (QED) is 0.645. The van der Waals surface area contributed by atoms with Gasteiger partial charge in [0.15, 0.2) is 0 Å². The molecule has 0 unspecified atom stereocenters. The van der Waals surface area contributed by atoms with Crippen LogP contribution in [-0.2, 0) is 5.60 Å². The molecule has 3 atom stereocenters. The first kappa shape index (κ1) is 21.1. The van der Waals surface area contributed by atoms with Crippen molar-refractivity contribution in [3.63, 3.8) is 0 Å². The van der Waals surface area contributed by atoms with Gasteiger partial charge < -0.3 is 26.6 Å². The number of rotatable bonds is 4. The third-order valence-corrected chi connectivity index (χ3v) is 9.24. The van der Waals surface area contributed by atoms with Crippen LogP contribution in [0.1, 0.15) is 41.9 Å². The van der Waals surface area contributed by atoms with Gasteiger partial charge in [-0.05, 0) is 36.6 Å². The summed E-state index contributed by atoms with van der Waals surface area (Å²) in [6, 6.07) is 9.16.